The molecule has 0 spiro atoms. The van der Waals surface area contributed by atoms with Crippen LogP contribution in [-0.4, -0.2) is 4.35 Å². The van der Waals surface area contributed by atoms with Gasteiger partial charge in [0, 0.05) is 0 Å². The van der Waals surface area contributed by atoms with Gasteiger partial charge in [-0.3, -0.25) is 0 Å². The minimum atomic E-state index is 0.162. The molecule has 4 heavy (non-hydrogen) atoms. The van der Waals surface area contributed by atoms with Crippen LogP contribution in [0.3, 0.4) is 0 Å². The zero-order valence-electron chi connectivity index (χ0n) is 1.60. The van der Waals surface area contributed by atoms with Crippen LogP contribution in [0.15, 0.2) is 0 Å². The van der Waals surface area contributed by atoms with Crippen LogP contribution in [0.1, 0.15) is 0 Å². The fourth-order valence-electron chi connectivity index (χ4n) is 0. The number of halogens is 1. The van der Waals surface area contributed by atoms with Gasteiger partial charge in [-0.1, -0.05) is 0 Å². The Morgan fingerprint density at radius 3 is 2.25 bits per heavy atom. The summed E-state index contributed by atoms with van der Waals surface area (Å²) in [5.41, 5.74) is 0. The van der Waals surface area contributed by atoms with E-state index in [1.807, 2.05) is 19.5 Å². The second-order valence-electron chi connectivity index (χ2n) is 0.124. The first-order valence-corrected chi connectivity index (χ1v) is 5.88. The Morgan fingerprint density at radius 1 is 2.00 bits per heavy atom. The van der Waals surface area contributed by atoms with Crippen LogP contribution in [-0.2, 0) is 18.7 Å². The molecule has 0 amide bonds. The van der Waals surface area contributed by atoms with Crippen molar-refractivity contribution < 1.29 is 18.7 Å². The zero-order valence-corrected chi connectivity index (χ0v) is 5.31. The van der Waals surface area contributed by atoms with Gasteiger partial charge in [-0.2, -0.15) is 0 Å². The Bertz CT molecular complexity index is 46.0. The van der Waals surface area contributed by atoms with E-state index in [0.29, 0.717) is 0 Å². The molecule has 0 aliphatic carbocycles. The van der Waals surface area contributed by atoms with E-state index >= 15 is 0 Å². The number of carbonyl (C=O) groups excluding carboxylic acids is 1. The fourth-order valence-corrected chi connectivity index (χ4v) is 0. The third-order valence-electron chi connectivity index (χ3n) is 0.0244. The molecule has 0 saturated heterocycles. The van der Waals surface area contributed by atoms with E-state index < -0.39 is 0 Å². The Kier molecular flexibility index (Phi) is 4.94. The molecule has 0 N–H and O–H groups in total. The van der Waals surface area contributed by atoms with Gasteiger partial charge < -0.3 is 0 Å². The summed E-state index contributed by atoms with van der Waals surface area (Å²) < 4.78 is 1.72. The van der Waals surface area contributed by atoms with Crippen LogP contribution >= 0.6 is 19.5 Å². The third kappa shape index (κ3) is 2.97. The van der Waals surface area contributed by atoms with Crippen molar-refractivity contribution in [3.63, 3.8) is 0 Å². The summed E-state index contributed by atoms with van der Waals surface area (Å²) in [6.07, 6.45) is 0. The topological polar surface area (TPSA) is 17.1 Å². The molecule has 1 nitrogen and oxygen atoms in total. The Morgan fingerprint density at radius 2 is 2.25 bits per heavy atom. The molecular weight excluding hydrogens is 261 g/mol. The van der Waals surface area contributed by atoms with Gasteiger partial charge in [0.05, 0.1) is 0 Å². The van der Waals surface area contributed by atoms with Gasteiger partial charge in [-0.25, -0.2) is 0 Å². The number of hydrogen-bond donors (Lipinski definition) is 0. The van der Waals surface area contributed by atoms with Crippen LogP contribution in [0, 0.1) is 0 Å². The zero-order chi connectivity index (χ0) is 3.41. The number of hydrogen-bond acceptors (Lipinski definition) is 1. The summed E-state index contributed by atoms with van der Waals surface area (Å²) in [6, 6.07) is 0. The van der Waals surface area contributed by atoms with Crippen LogP contribution in [0.4, 0.5) is 0 Å². The third-order valence-corrected chi connectivity index (χ3v) is 0.968. The van der Waals surface area contributed by atoms with Gasteiger partial charge >= 0.3 is 42.6 Å². The van der Waals surface area contributed by atoms with Gasteiger partial charge in [-0.05, 0) is 0 Å². The molecule has 0 aliphatic heterocycles. The van der Waals surface area contributed by atoms with Crippen molar-refractivity contribution in [2.24, 2.45) is 0 Å². The summed E-state index contributed by atoms with van der Waals surface area (Å²) in [5, 5.41) is 0. The quantitative estimate of drug-likeness (QED) is 0.458. The molecule has 0 radical (unpaired) electrons. The molecule has 3 heteroatoms. The standard InChI is InChI=1S/CO.HI.Pd/c1-2;;/h;1H;/q;;+1/p-1. The maximum absolute atomic E-state index is 9.06. The SMILES string of the molecule is O=[C]=[Pd][I]. The molecule has 0 aromatic carbocycles. The molecule has 0 aromatic heterocycles. The van der Waals surface area contributed by atoms with Crippen LogP contribution in [0.25, 0.3) is 0 Å². The van der Waals surface area contributed by atoms with Gasteiger partial charge in [0.1, 0.15) is 0 Å². The fraction of sp³-hybridized carbons (Fsp3) is 0. The summed E-state index contributed by atoms with van der Waals surface area (Å²) in [5.74, 6) is 0. The monoisotopic (exact) mass is 261 g/mol. The number of rotatable bonds is 0. The molecule has 0 fully saturated rings. The first kappa shape index (κ1) is 4.97. The predicted molar refractivity (Wildman–Crippen MR) is 19.7 cm³/mol. The van der Waals surface area contributed by atoms with E-state index in [2.05, 4.69) is 0 Å². The molecule has 0 rings (SSSR count). The van der Waals surface area contributed by atoms with Crippen LogP contribution in [0.2, 0.25) is 0 Å². The van der Waals surface area contributed by atoms with E-state index in [9.17, 15) is 0 Å². The van der Waals surface area contributed by atoms with Crippen molar-refractivity contribution in [3.8, 4) is 0 Å². The van der Waals surface area contributed by atoms with Crippen LogP contribution < -0.4 is 0 Å². The van der Waals surface area contributed by atoms with Gasteiger partial charge in [0.2, 0.25) is 0 Å². The molecule has 0 atom stereocenters. The predicted octanol–water partition coefficient (Wildman–Crippen LogP) is 0.486. The van der Waals surface area contributed by atoms with E-state index in [4.69, 9.17) is 4.79 Å². The van der Waals surface area contributed by atoms with Crippen molar-refractivity contribution in [1.29, 1.82) is 0 Å². The summed E-state index contributed by atoms with van der Waals surface area (Å²) in [4.78, 5) is 9.06. The first-order valence-electron chi connectivity index (χ1n) is 0.482. The Hall–Kier alpha value is 0.972. The first-order chi connectivity index (χ1) is 1.91. The second-order valence-corrected chi connectivity index (χ2v) is 2.75. The molecule has 0 aliphatic rings. The summed E-state index contributed by atoms with van der Waals surface area (Å²) >= 11 is 2.14. The molecule has 0 saturated carbocycles. The van der Waals surface area contributed by atoms with Crippen molar-refractivity contribution in [2.45, 2.75) is 0 Å². The molecule has 27 valence electrons. The molecule has 0 aromatic rings. The van der Waals surface area contributed by atoms with Crippen molar-refractivity contribution in [1.82, 2.24) is 0 Å². The summed E-state index contributed by atoms with van der Waals surface area (Å²) in [6.45, 7) is 0. The van der Waals surface area contributed by atoms with Crippen LogP contribution in [0.5, 0.6) is 0 Å². The van der Waals surface area contributed by atoms with E-state index in [-0.39, 0.29) is 13.9 Å². The Balaban J connectivity index is 3.11. The second kappa shape index (κ2) is 3.97. The summed E-state index contributed by atoms with van der Waals surface area (Å²) in [7, 11) is 0. The minimum absolute atomic E-state index is 0.162. The van der Waals surface area contributed by atoms with Crippen molar-refractivity contribution in [2.75, 3.05) is 0 Å². The average Bonchev–Trinajstić information content (AvgIpc) is 1.37. The van der Waals surface area contributed by atoms with E-state index in [1.165, 1.54) is 0 Å². The van der Waals surface area contributed by atoms with Crippen molar-refractivity contribution >= 4 is 23.9 Å². The molecular formula is CIOPd. The van der Waals surface area contributed by atoms with Crippen molar-refractivity contribution in [3.05, 3.63) is 0 Å². The molecule has 0 heterocycles. The van der Waals surface area contributed by atoms with E-state index in [1.54, 1.807) is 4.35 Å². The molecule has 0 bridgehead atoms. The maximum atomic E-state index is 9.06. The average molecular weight is 261 g/mol. The normalized spacial score (nSPS) is 6.25. The van der Waals surface area contributed by atoms with E-state index in [0.717, 1.165) is 0 Å². The van der Waals surface area contributed by atoms with Gasteiger partial charge in [0.25, 0.3) is 0 Å². The van der Waals surface area contributed by atoms with Gasteiger partial charge in [-0.15, -0.1) is 0 Å². The van der Waals surface area contributed by atoms with Gasteiger partial charge in [0.15, 0.2) is 0 Å². The molecule has 0 unspecified atom stereocenters. The Labute approximate surface area is 42.4 Å².